The molecule has 0 aliphatic rings. The lowest BCUT2D eigenvalue weighted by molar-refractivity contribution is 0.553. The van der Waals surface area contributed by atoms with Crippen molar-refractivity contribution in [2.24, 2.45) is 0 Å². The van der Waals surface area contributed by atoms with Crippen molar-refractivity contribution in [1.82, 2.24) is 0 Å². The third kappa shape index (κ3) is 17.7. The van der Waals surface area contributed by atoms with Crippen molar-refractivity contribution in [3.63, 3.8) is 0 Å². The Kier molecular flexibility index (Phi) is 18.5. The highest BCUT2D eigenvalue weighted by Gasteiger charge is 1.92. The molecule has 0 atom stereocenters. The Morgan fingerprint density at radius 3 is 1.15 bits per heavy atom. The molecule has 0 fully saturated rings. The molecule has 0 aromatic carbocycles. The van der Waals surface area contributed by atoms with E-state index in [1.54, 1.807) is 0 Å². The van der Waals surface area contributed by atoms with E-state index in [-0.39, 0.29) is 0 Å². The Morgan fingerprint density at radius 2 is 0.700 bits per heavy atom. The second-order valence-electron chi connectivity index (χ2n) is 6.00. The molecule has 0 spiro atoms. The zero-order valence-electron chi connectivity index (χ0n) is 13.9. The minimum atomic E-state index is 1.09. The van der Waals surface area contributed by atoms with Gasteiger partial charge in [0.05, 0.1) is 0 Å². The van der Waals surface area contributed by atoms with Crippen molar-refractivity contribution in [2.75, 3.05) is 0 Å². The van der Waals surface area contributed by atoms with Gasteiger partial charge < -0.3 is 0 Å². The maximum absolute atomic E-state index is 3.89. The lowest BCUT2D eigenvalue weighted by atomic mass is 10.1. The Hall–Kier alpha value is -0.260. The smallest absolute Gasteiger partial charge is 0.0351 e. The summed E-state index contributed by atoms with van der Waals surface area (Å²) < 4.78 is 0. The summed E-state index contributed by atoms with van der Waals surface area (Å²) in [4.78, 5) is 0. The average Bonchev–Trinajstić information content (AvgIpc) is 2.47. The molecule has 0 N–H and O–H groups in total. The first kappa shape index (κ1) is 19.7. The highest BCUT2D eigenvalue weighted by molar-refractivity contribution is 4.81. The molecule has 0 amide bonds. The number of rotatable bonds is 16. The van der Waals surface area contributed by atoms with E-state index in [9.17, 15) is 0 Å². The van der Waals surface area contributed by atoms with Crippen LogP contribution in [0, 0.1) is 13.8 Å². The number of allylic oxidation sites excluding steroid dienone is 2. The quantitative estimate of drug-likeness (QED) is 0.203. The average molecular weight is 279 g/mol. The maximum Gasteiger partial charge on any atom is -0.0351 e. The first-order valence-electron chi connectivity index (χ1n) is 9.15. The molecular formula is C20H38. The SMILES string of the molecule is [CH2]CCCC/C=C/CCCCCCCCCCCC[CH2]. The summed E-state index contributed by atoms with van der Waals surface area (Å²) in [5.74, 6) is 0. The molecule has 0 saturated heterocycles. The van der Waals surface area contributed by atoms with Gasteiger partial charge in [0.25, 0.3) is 0 Å². The van der Waals surface area contributed by atoms with E-state index in [1.807, 2.05) is 0 Å². The monoisotopic (exact) mass is 278 g/mol. The standard InChI is InChI=1S/C20H38/c1-3-5-7-9-11-13-15-17-19-20-18-16-14-12-10-8-6-4-2/h11,13H,1-10,12,14-20H2/b13-11+. The molecule has 0 rings (SSSR count). The van der Waals surface area contributed by atoms with Crippen molar-refractivity contribution in [2.45, 2.75) is 103 Å². The zero-order chi connectivity index (χ0) is 14.7. The van der Waals surface area contributed by atoms with Gasteiger partial charge in [0.2, 0.25) is 0 Å². The van der Waals surface area contributed by atoms with Crippen LogP contribution in [0.2, 0.25) is 0 Å². The first-order chi connectivity index (χ1) is 9.91. The lowest BCUT2D eigenvalue weighted by Crippen LogP contribution is -1.82. The van der Waals surface area contributed by atoms with E-state index in [0.29, 0.717) is 0 Å². The number of unbranched alkanes of at least 4 members (excludes halogenated alkanes) is 14. The maximum atomic E-state index is 3.89. The van der Waals surface area contributed by atoms with Gasteiger partial charge in [0.15, 0.2) is 0 Å². The lowest BCUT2D eigenvalue weighted by Gasteiger charge is -2.01. The molecule has 0 aromatic rings. The van der Waals surface area contributed by atoms with E-state index < -0.39 is 0 Å². The summed E-state index contributed by atoms with van der Waals surface area (Å²) in [6.45, 7) is 7.75. The Balaban J connectivity index is 2.99. The fraction of sp³-hybridized carbons (Fsp3) is 0.800. The summed E-state index contributed by atoms with van der Waals surface area (Å²) in [6.07, 6.45) is 26.2. The predicted molar refractivity (Wildman–Crippen MR) is 93.7 cm³/mol. The van der Waals surface area contributed by atoms with Gasteiger partial charge in [0.1, 0.15) is 0 Å². The van der Waals surface area contributed by atoms with Crippen LogP contribution in [0.4, 0.5) is 0 Å². The molecule has 0 aliphatic carbocycles. The molecular weight excluding hydrogens is 240 g/mol. The molecule has 0 heterocycles. The fourth-order valence-electron chi connectivity index (χ4n) is 2.53. The highest BCUT2D eigenvalue weighted by Crippen LogP contribution is 2.12. The number of hydrogen-bond donors (Lipinski definition) is 0. The second-order valence-corrected chi connectivity index (χ2v) is 6.00. The molecule has 118 valence electrons. The van der Waals surface area contributed by atoms with Crippen LogP contribution in [0.5, 0.6) is 0 Å². The van der Waals surface area contributed by atoms with Gasteiger partial charge >= 0.3 is 0 Å². The second kappa shape index (κ2) is 18.7. The van der Waals surface area contributed by atoms with Crippen LogP contribution in [0.15, 0.2) is 12.2 Å². The Bertz CT molecular complexity index is 180. The van der Waals surface area contributed by atoms with E-state index >= 15 is 0 Å². The van der Waals surface area contributed by atoms with Crippen LogP contribution >= 0.6 is 0 Å². The van der Waals surface area contributed by atoms with Crippen LogP contribution in [-0.4, -0.2) is 0 Å². The van der Waals surface area contributed by atoms with Gasteiger partial charge in [-0.25, -0.2) is 0 Å². The summed E-state index contributed by atoms with van der Waals surface area (Å²) in [6, 6.07) is 0. The normalized spacial score (nSPS) is 11.5. The van der Waals surface area contributed by atoms with Crippen LogP contribution in [0.25, 0.3) is 0 Å². The van der Waals surface area contributed by atoms with Gasteiger partial charge in [-0.3, -0.25) is 0 Å². The molecule has 0 aliphatic heterocycles. The molecule has 0 aromatic heterocycles. The molecule has 0 bridgehead atoms. The third-order valence-corrected chi connectivity index (χ3v) is 3.91. The fourth-order valence-corrected chi connectivity index (χ4v) is 2.53. The van der Waals surface area contributed by atoms with Crippen LogP contribution in [-0.2, 0) is 0 Å². The van der Waals surface area contributed by atoms with Crippen LogP contribution < -0.4 is 0 Å². The number of hydrogen-bond acceptors (Lipinski definition) is 0. The molecule has 0 saturated carbocycles. The van der Waals surface area contributed by atoms with Gasteiger partial charge in [0, 0.05) is 0 Å². The summed E-state index contributed by atoms with van der Waals surface area (Å²) in [7, 11) is 0. The van der Waals surface area contributed by atoms with Gasteiger partial charge in [-0.1, -0.05) is 103 Å². The van der Waals surface area contributed by atoms with Gasteiger partial charge in [-0.2, -0.15) is 0 Å². The minimum absolute atomic E-state index is 1.09. The van der Waals surface area contributed by atoms with E-state index in [1.165, 1.54) is 89.9 Å². The molecule has 0 unspecified atom stereocenters. The summed E-state index contributed by atoms with van der Waals surface area (Å²) >= 11 is 0. The van der Waals surface area contributed by atoms with Crippen LogP contribution in [0.1, 0.15) is 103 Å². The van der Waals surface area contributed by atoms with Gasteiger partial charge in [-0.05, 0) is 25.7 Å². The summed E-state index contributed by atoms with van der Waals surface area (Å²) in [5.41, 5.74) is 0. The Labute approximate surface area is 129 Å². The van der Waals surface area contributed by atoms with Crippen molar-refractivity contribution in [3.05, 3.63) is 26.0 Å². The summed E-state index contributed by atoms with van der Waals surface area (Å²) in [5, 5.41) is 0. The van der Waals surface area contributed by atoms with E-state index in [4.69, 9.17) is 0 Å². The Morgan fingerprint density at radius 1 is 0.400 bits per heavy atom. The first-order valence-corrected chi connectivity index (χ1v) is 9.15. The topological polar surface area (TPSA) is 0 Å². The molecule has 0 nitrogen and oxygen atoms in total. The van der Waals surface area contributed by atoms with E-state index in [0.717, 1.165) is 12.8 Å². The highest BCUT2D eigenvalue weighted by atomic mass is 14.0. The predicted octanol–water partition coefficient (Wildman–Crippen LogP) is 7.45. The molecule has 0 heteroatoms. The van der Waals surface area contributed by atoms with Crippen molar-refractivity contribution in [3.8, 4) is 0 Å². The van der Waals surface area contributed by atoms with Crippen molar-refractivity contribution in [1.29, 1.82) is 0 Å². The molecule has 20 heavy (non-hydrogen) atoms. The minimum Gasteiger partial charge on any atom is -0.0885 e. The van der Waals surface area contributed by atoms with Crippen molar-refractivity contribution < 1.29 is 0 Å². The zero-order valence-corrected chi connectivity index (χ0v) is 13.9. The van der Waals surface area contributed by atoms with E-state index in [2.05, 4.69) is 26.0 Å². The van der Waals surface area contributed by atoms with Crippen LogP contribution in [0.3, 0.4) is 0 Å². The largest absolute Gasteiger partial charge is 0.0885 e. The molecule has 2 radical (unpaired) electrons. The third-order valence-electron chi connectivity index (χ3n) is 3.91. The van der Waals surface area contributed by atoms with Gasteiger partial charge in [-0.15, -0.1) is 0 Å². The van der Waals surface area contributed by atoms with Crippen molar-refractivity contribution >= 4 is 0 Å².